The molecule has 9 nitrogen and oxygen atoms in total. The predicted octanol–water partition coefficient (Wildman–Crippen LogP) is 4.15. The normalized spacial score (nSPS) is 22.4. The highest BCUT2D eigenvalue weighted by atomic mass is 16.5. The lowest BCUT2D eigenvalue weighted by Gasteiger charge is -2.27. The predicted molar refractivity (Wildman–Crippen MR) is 148 cm³/mol. The van der Waals surface area contributed by atoms with E-state index in [0.29, 0.717) is 17.5 Å². The number of aryl methyl sites for hydroxylation is 1. The number of rotatable bonds is 8. The molecular weight excluding hydrogens is 480 g/mol. The molecule has 9 heteroatoms. The fourth-order valence-electron chi connectivity index (χ4n) is 5.57. The molecule has 2 aromatic heterocycles. The Morgan fingerprint density at radius 2 is 1.82 bits per heavy atom. The summed E-state index contributed by atoms with van der Waals surface area (Å²) < 4.78 is 7.41. The highest BCUT2D eigenvalue weighted by Crippen LogP contribution is 2.30. The topological polar surface area (TPSA) is 113 Å². The van der Waals surface area contributed by atoms with Crippen molar-refractivity contribution in [3.63, 3.8) is 0 Å². The van der Waals surface area contributed by atoms with Gasteiger partial charge < -0.3 is 25.8 Å². The zero-order valence-electron chi connectivity index (χ0n) is 22.1. The lowest BCUT2D eigenvalue weighted by molar-refractivity contribution is 0.0699. The van der Waals surface area contributed by atoms with Crippen LogP contribution in [0.2, 0.25) is 0 Å². The number of amides is 1. The van der Waals surface area contributed by atoms with Gasteiger partial charge in [-0.1, -0.05) is 12.1 Å². The quantitative estimate of drug-likeness (QED) is 0.354. The number of aliphatic hydroxyl groups excluding tert-OH is 1. The fourth-order valence-corrected chi connectivity index (χ4v) is 5.57. The Morgan fingerprint density at radius 1 is 1.05 bits per heavy atom. The molecule has 38 heavy (non-hydrogen) atoms. The maximum atomic E-state index is 12.6. The minimum absolute atomic E-state index is 0.00164. The van der Waals surface area contributed by atoms with Gasteiger partial charge in [-0.25, -0.2) is 4.98 Å². The summed E-state index contributed by atoms with van der Waals surface area (Å²) >= 11 is 0. The number of nitrogens with one attached hydrogen (secondary N) is 3. The van der Waals surface area contributed by atoms with Crippen LogP contribution in [0.4, 0.5) is 11.6 Å². The summed E-state index contributed by atoms with van der Waals surface area (Å²) in [5.41, 5.74) is 4.34. The number of carbonyl (C=O) groups excluding carboxylic acids is 1. The van der Waals surface area contributed by atoms with Gasteiger partial charge in [0.1, 0.15) is 11.6 Å². The minimum atomic E-state index is -0.195. The van der Waals surface area contributed by atoms with Gasteiger partial charge >= 0.3 is 0 Å². The Labute approximate surface area is 223 Å². The summed E-state index contributed by atoms with van der Waals surface area (Å²) in [6, 6.07) is 8.62. The first-order chi connectivity index (χ1) is 18.5. The van der Waals surface area contributed by atoms with Gasteiger partial charge in [0.15, 0.2) is 5.65 Å². The largest absolute Gasteiger partial charge is 0.393 e. The average Bonchev–Trinajstić information content (AvgIpc) is 3.64. The van der Waals surface area contributed by atoms with E-state index < -0.39 is 0 Å². The van der Waals surface area contributed by atoms with Crippen molar-refractivity contribution in [2.45, 2.75) is 76.5 Å². The Hall–Kier alpha value is -3.17. The van der Waals surface area contributed by atoms with Gasteiger partial charge in [0.05, 0.1) is 12.3 Å². The summed E-state index contributed by atoms with van der Waals surface area (Å²) in [4.78, 5) is 17.6. The number of hydrogen-bond donors (Lipinski definition) is 4. The van der Waals surface area contributed by atoms with Crippen molar-refractivity contribution >= 4 is 23.2 Å². The summed E-state index contributed by atoms with van der Waals surface area (Å²) in [6.07, 6.45) is 9.39. The molecule has 4 N–H and O–H groups in total. The van der Waals surface area contributed by atoms with E-state index in [2.05, 4.69) is 22.0 Å². The number of benzene rings is 1. The van der Waals surface area contributed by atoms with Crippen LogP contribution in [0.15, 0.2) is 30.5 Å². The molecule has 0 atom stereocenters. The molecule has 1 amide bonds. The summed E-state index contributed by atoms with van der Waals surface area (Å²) in [5.74, 6) is 2.28. The van der Waals surface area contributed by atoms with Crippen molar-refractivity contribution in [2.75, 3.05) is 30.4 Å². The van der Waals surface area contributed by atoms with Crippen LogP contribution in [0.25, 0.3) is 16.8 Å². The summed E-state index contributed by atoms with van der Waals surface area (Å²) in [7, 11) is 0. The lowest BCUT2D eigenvalue weighted by Crippen LogP contribution is -2.28. The summed E-state index contributed by atoms with van der Waals surface area (Å²) in [6.45, 7) is 4.48. The number of aliphatic hydroxyl groups is 1. The second-order valence-electron chi connectivity index (χ2n) is 11.2. The standard InChI is InChI=1S/C29H38N6O3/c1-18-14-20(2-9-24(18)29(37)33-22-3-4-22)25-17-31-35-27(30-16-19-10-12-38-13-11-19)15-26(34-28(25)35)32-21-5-7-23(36)8-6-21/h2,9,14-15,17,19,21-23,30,36H,3-8,10-13,16H2,1H3,(H,32,34)(H,33,37). The molecule has 3 fully saturated rings. The number of fused-ring (bicyclic) bond motifs is 1. The number of nitrogens with zero attached hydrogens (tertiary/aromatic N) is 3. The number of hydrogen-bond acceptors (Lipinski definition) is 7. The van der Waals surface area contributed by atoms with E-state index in [1.54, 1.807) is 0 Å². The van der Waals surface area contributed by atoms with Crippen LogP contribution in [0.1, 0.15) is 67.3 Å². The third kappa shape index (κ3) is 5.63. The Kier molecular flexibility index (Phi) is 7.21. The summed E-state index contributed by atoms with van der Waals surface area (Å²) in [5, 5.41) is 25.0. The second-order valence-corrected chi connectivity index (χ2v) is 11.2. The SMILES string of the molecule is Cc1cc(-c2cnn3c(NCC4CCOCC4)cc(NC4CCC(O)CC4)nc23)ccc1C(=O)NC1CC1. The zero-order chi connectivity index (χ0) is 26.1. The third-order valence-corrected chi connectivity index (χ3v) is 8.13. The lowest BCUT2D eigenvalue weighted by atomic mass is 9.93. The van der Waals surface area contributed by atoms with Crippen LogP contribution in [0.5, 0.6) is 0 Å². The molecular formula is C29H38N6O3. The first-order valence-corrected chi connectivity index (χ1v) is 14.1. The fraction of sp³-hybridized carbons (Fsp3) is 0.552. The molecule has 0 radical (unpaired) electrons. The molecule has 3 aromatic rings. The number of anilines is 2. The van der Waals surface area contributed by atoms with Crippen LogP contribution >= 0.6 is 0 Å². The van der Waals surface area contributed by atoms with Crippen molar-refractivity contribution in [3.8, 4) is 11.1 Å². The highest BCUT2D eigenvalue weighted by Gasteiger charge is 2.25. The van der Waals surface area contributed by atoms with Gasteiger partial charge in [0.25, 0.3) is 5.91 Å². The van der Waals surface area contributed by atoms with Crippen LogP contribution in [0, 0.1) is 12.8 Å². The monoisotopic (exact) mass is 518 g/mol. The maximum Gasteiger partial charge on any atom is 0.251 e. The van der Waals surface area contributed by atoms with E-state index in [1.165, 1.54) is 0 Å². The first kappa shape index (κ1) is 25.1. The molecule has 0 unspecified atom stereocenters. The van der Waals surface area contributed by atoms with E-state index >= 15 is 0 Å². The molecule has 6 rings (SSSR count). The van der Waals surface area contributed by atoms with Gasteiger partial charge in [0, 0.05) is 49.0 Å². The maximum absolute atomic E-state index is 12.6. The second kappa shape index (κ2) is 10.9. The molecule has 3 heterocycles. The molecule has 0 bridgehead atoms. The molecule has 3 aliphatic rings. The zero-order valence-corrected chi connectivity index (χ0v) is 22.1. The van der Waals surface area contributed by atoms with Crippen LogP contribution in [-0.4, -0.2) is 63.6 Å². The van der Waals surface area contributed by atoms with Crippen molar-refractivity contribution in [2.24, 2.45) is 5.92 Å². The van der Waals surface area contributed by atoms with E-state index in [-0.39, 0.29) is 18.1 Å². The average molecular weight is 519 g/mol. The molecule has 2 saturated carbocycles. The molecule has 1 saturated heterocycles. The number of carbonyl (C=O) groups is 1. The molecule has 1 aliphatic heterocycles. The number of ether oxygens (including phenoxy) is 1. The molecule has 1 aromatic carbocycles. The number of aromatic nitrogens is 3. The van der Waals surface area contributed by atoms with Crippen molar-refractivity contribution < 1.29 is 14.6 Å². The van der Waals surface area contributed by atoms with Crippen LogP contribution < -0.4 is 16.0 Å². The van der Waals surface area contributed by atoms with Crippen LogP contribution in [-0.2, 0) is 4.74 Å². The van der Waals surface area contributed by atoms with E-state index in [9.17, 15) is 9.90 Å². The van der Waals surface area contributed by atoms with E-state index in [1.807, 2.05) is 35.8 Å². The van der Waals surface area contributed by atoms with E-state index in [4.69, 9.17) is 14.8 Å². The van der Waals surface area contributed by atoms with Crippen molar-refractivity contribution in [3.05, 3.63) is 41.6 Å². The van der Waals surface area contributed by atoms with Gasteiger partial charge in [-0.05, 0) is 81.4 Å². The Balaban J connectivity index is 1.30. The van der Waals surface area contributed by atoms with Gasteiger partial charge in [-0.3, -0.25) is 4.79 Å². The Bertz CT molecular complexity index is 1290. The smallest absolute Gasteiger partial charge is 0.251 e. The van der Waals surface area contributed by atoms with Crippen molar-refractivity contribution in [1.82, 2.24) is 19.9 Å². The van der Waals surface area contributed by atoms with Crippen molar-refractivity contribution in [1.29, 1.82) is 0 Å². The third-order valence-electron chi connectivity index (χ3n) is 8.13. The van der Waals surface area contributed by atoms with E-state index in [0.717, 1.165) is 105 Å². The molecule has 202 valence electrons. The molecule has 2 aliphatic carbocycles. The minimum Gasteiger partial charge on any atom is -0.393 e. The van der Waals surface area contributed by atoms with Gasteiger partial charge in [0.2, 0.25) is 0 Å². The Morgan fingerprint density at radius 3 is 2.55 bits per heavy atom. The van der Waals surface area contributed by atoms with Crippen LogP contribution in [0.3, 0.4) is 0 Å². The van der Waals surface area contributed by atoms with Gasteiger partial charge in [-0.15, -0.1) is 0 Å². The van der Waals surface area contributed by atoms with Gasteiger partial charge in [-0.2, -0.15) is 9.61 Å². The highest BCUT2D eigenvalue weighted by molar-refractivity contribution is 5.97. The first-order valence-electron chi connectivity index (χ1n) is 14.1. The molecule has 0 spiro atoms.